The Balaban J connectivity index is 1.61. The number of ether oxygens (including phenoxy) is 1. The summed E-state index contributed by atoms with van der Waals surface area (Å²) in [6.45, 7) is 7.28. The lowest BCUT2D eigenvalue weighted by atomic mass is 9.98. The molecule has 19 heavy (non-hydrogen) atoms. The summed E-state index contributed by atoms with van der Waals surface area (Å²) in [7, 11) is 2.16. The molecule has 0 aromatic heterocycles. The number of hydrogen-bond donors (Lipinski definition) is 1. The summed E-state index contributed by atoms with van der Waals surface area (Å²) in [4.78, 5) is 2.34. The van der Waals surface area contributed by atoms with E-state index in [1.807, 2.05) is 0 Å². The van der Waals surface area contributed by atoms with Crippen LogP contribution in [-0.2, 0) is 4.74 Å². The number of morpholine rings is 1. The number of hydrogen-bond acceptors (Lipinski definition) is 3. The van der Waals surface area contributed by atoms with Crippen LogP contribution in [0.25, 0.3) is 0 Å². The summed E-state index contributed by atoms with van der Waals surface area (Å²) in [5, 5.41) is 3.52. The second kappa shape index (κ2) is 7.63. The van der Waals surface area contributed by atoms with Gasteiger partial charge in [-0.15, -0.1) is 0 Å². The largest absolute Gasteiger partial charge is 0.374 e. The van der Waals surface area contributed by atoms with Crippen LogP contribution in [-0.4, -0.2) is 50.8 Å². The molecule has 0 bridgehead atoms. The van der Waals surface area contributed by atoms with E-state index in [9.17, 15) is 0 Å². The number of benzene rings is 1. The van der Waals surface area contributed by atoms with E-state index in [4.69, 9.17) is 4.74 Å². The highest BCUT2D eigenvalue weighted by Gasteiger charge is 2.16. The molecule has 0 amide bonds. The Kier molecular flexibility index (Phi) is 5.83. The number of likely N-dealkylation sites (N-methyl/N-ethyl adjacent to an activating group) is 1. The normalized spacial score (nSPS) is 22.3. The van der Waals surface area contributed by atoms with Gasteiger partial charge in [0, 0.05) is 19.6 Å². The van der Waals surface area contributed by atoms with Crippen LogP contribution < -0.4 is 5.32 Å². The van der Waals surface area contributed by atoms with Gasteiger partial charge in [0.05, 0.1) is 12.7 Å². The van der Waals surface area contributed by atoms with E-state index in [0.29, 0.717) is 12.0 Å². The molecule has 2 rings (SSSR count). The second-order valence-electron chi connectivity index (χ2n) is 5.56. The molecule has 1 aromatic rings. The first kappa shape index (κ1) is 14.5. The van der Waals surface area contributed by atoms with Crippen molar-refractivity contribution in [2.75, 3.05) is 39.8 Å². The van der Waals surface area contributed by atoms with Crippen LogP contribution in [0.15, 0.2) is 30.3 Å². The first-order valence-corrected chi connectivity index (χ1v) is 7.31. The molecule has 1 heterocycles. The van der Waals surface area contributed by atoms with Crippen molar-refractivity contribution in [3.05, 3.63) is 35.9 Å². The van der Waals surface area contributed by atoms with Gasteiger partial charge in [-0.3, -0.25) is 0 Å². The van der Waals surface area contributed by atoms with E-state index < -0.39 is 0 Å². The van der Waals surface area contributed by atoms with Crippen molar-refractivity contribution in [1.29, 1.82) is 0 Å². The van der Waals surface area contributed by atoms with Gasteiger partial charge in [-0.05, 0) is 31.5 Å². The molecule has 106 valence electrons. The van der Waals surface area contributed by atoms with Crippen molar-refractivity contribution < 1.29 is 4.74 Å². The smallest absolute Gasteiger partial charge is 0.0826 e. The lowest BCUT2D eigenvalue weighted by Gasteiger charge is -2.30. The Morgan fingerprint density at radius 3 is 2.89 bits per heavy atom. The topological polar surface area (TPSA) is 24.5 Å². The fraction of sp³-hybridized carbons (Fsp3) is 0.625. The molecular formula is C16H26N2O. The first-order valence-electron chi connectivity index (χ1n) is 7.31. The minimum atomic E-state index is 0.353. The zero-order valence-corrected chi connectivity index (χ0v) is 12.1. The van der Waals surface area contributed by atoms with Crippen molar-refractivity contribution in [2.24, 2.45) is 0 Å². The fourth-order valence-corrected chi connectivity index (χ4v) is 2.52. The summed E-state index contributed by atoms with van der Waals surface area (Å²) in [6.07, 6.45) is 1.53. The molecule has 0 aliphatic carbocycles. The van der Waals surface area contributed by atoms with Crippen molar-refractivity contribution in [1.82, 2.24) is 10.2 Å². The molecule has 1 fully saturated rings. The van der Waals surface area contributed by atoms with E-state index in [1.54, 1.807) is 0 Å². The summed E-state index contributed by atoms with van der Waals surface area (Å²) in [6, 6.07) is 10.7. The van der Waals surface area contributed by atoms with Crippen LogP contribution in [0.4, 0.5) is 0 Å². The molecule has 1 saturated heterocycles. The predicted octanol–water partition coefficient (Wildman–Crippen LogP) is 2.10. The average Bonchev–Trinajstić information content (AvgIpc) is 2.44. The zero-order valence-electron chi connectivity index (χ0n) is 12.1. The lowest BCUT2D eigenvalue weighted by molar-refractivity contribution is -0.0180. The Labute approximate surface area is 116 Å². The molecule has 0 radical (unpaired) electrons. The molecule has 2 atom stereocenters. The highest BCUT2D eigenvalue weighted by molar-refractivity contribution is 5.18. The molecule has 1 aliphatic heterocycles. The number of nitrogens with one attached hydrogen (secondary N) is 1. The lowest BCUT2D eigenvalue weighted by Crippen LogP contribution is -2.45. The SMILES string of the molecule is C[C@@H](CCNC[C@@H]1CN(C)CCO1)c1ccccc1. The van der Waals surface area contributed by atoms with Gasteiger partial charge in [-0.1, -0.05) is 37.3 Å². The molecule has 1 N–H and O–H groups in total. The second-order valence-corrected chi connectivity index (χ2v) is 5.56. The molecular weight excluding hydrogens is 236 g/mol. The van der Waals surface area contributed by atoms with Crippen molar-refractivity contribution in [3.8, 4) is 0 Å². The maximum absolute atomic E-state index is 5.74. The highest BCUT2D eigenvalue weighted by Crippen LogP contribution is 2.17. The zero-order chi connectivity index (χ0) is 13.5. The van der Waals surface area contributed by atoms with E-state index in [-0.39, 0.29) is 0 Å². The third-order valence-corrected chi connectivity index (χ3v) is 3.84. The van der Waals surface area contributed by atoms with Crippen LogP contribution in [0.2, 0.25) is 0 Å². The molecule has 0 saturated carbocycles. The summed E-state index contributed by atoms with van der Waals surface area (Å²) in [5.74, 6) is 0.614. The van der Waals surface area contributed by atoms with Crippen molar-refractivity contribution in [2.45, 2.75) is 25.4 Å². The Hall–Kier alpha value is -0.900. The maximum atomic E-state index is 5.74. The van der Waals surface area contributed by atoms with Crippen LogP contribution in [0, 0.1) is 0 Å². The molecule has 1 aliphatic rings. The third-order valence-electron chi connectivity index (χ3n) is 3.84. The minimum Gasteiger partial charge on any atom is -0.374 e. The quantitative estimate of drug-likeness (QED) is 0.795. The summed E-state index contributed by atoms with van der Waals surface area (Å²) >= 11 is 0. The van der Waals surface area contributed by atoms with Crippen LogP contribution in [0.5, 0.6) is 0 Å². The molecule has 0 spiro atoms. The Morgan fingerprint density at radius 2 is 2.16 bits per heavy atom. The minimum absolute atomic E-state index is 0.353. The third kappa shape index (κ3) is 4.94. The highest BCUT2D eigenvalue weighted by atomic mass is 16.5. The van der Waals surface area contributed by atoms with E-state index in [1.165, 1.54) is 12.0 Å². The standard InChI is InChI=1S/C16H26N2O/c1-14(15-6-4-3-5-7-15)8-9-17-12-16-13-18(2)10-11-19-16/h3-7,14,16-17H,8-13H2,1-2H3/t14-,16+/m0/s1. The van der Waals surface area contributed by atoms with E-state index in [0.717, 1.165) is 32.8 Å². The van der Waals surface area contributed by atoms with Gasteiger partial charge in [-0.25, -0.2) is 0 Å². The van der Waals surface area contributed by atoms with Gasteiger partial charge in [-0.2, -0.15) is 0 Å². The Bertz CT molecular complexity index is 355. The number of rotatable bonds is 6. The van der Waals surface area contributed by atoms with Gasteiger partial charge in [0.15, 0.2) is 0 Å². The number of nitrogens with zero attached hydrogens (tertiary/aromatic N) is 1. The summed E-state index contributed by atoms with van der Waals surface area (Å²) in [5.41, 5.74) is 1.43. The fourth-order valence-electron chi connectivity index (χ4n) is 2.52. The predicted molar refractivity (Wildman–Crippen MR) is 79.6 cm³/mol. The van der Waals surface area contributed by atoms with Crippen LogP contribution in [0.3, 0.4) is 0 Å². The average molecular weight is 262 g/mol. The van der Waals surface area contributed by atoms with Gasteiger partial charge in [0.1, 0.15) is 0 Å². The van der Waals surface area contributed by atoms with Crippen molar-refractivity contribution >= 4 is 0 Å². The van der Waals surface area contributed by atoms with E-state index in [2.05, 4.69) is 54.5 Å². The molecule has 3 heteroatoms. The van der Waals surface area contributed by atoms with Crippen LogP contribution in [0.1, 0.15) is 24.8 Å². The van der Waals surface area contributed by atoms with Gasteiger partial charge in [0.2, 0.25) is 0 Å². The maximum Gasteiger partial charge on any atom is 0.0826 e. The van der Waals surface area contributed by atoms with Gasteiger partial charge >= 0.3 is 0 Å². The molecule has 1 aromatic carbocycles. The molecule has 0 unspecified atom stereocenters. The molecule has 3 nitrogen and oxygen atoms in total. The van der Waals surface area contributed by atoms with Gasteiger partial charge < -0.3 is 15.0 Å². The van der Waals surface area contributed by atoms with E-state index >= 15 is 0 Å². The Morgan fingerprint density at radius 1 is 1.37 bits per heavy atom. The first-order chi connectivity index (χ1) is 9.25. The van der Waals surface area contributed by atoms with Crippen LogP contribution >= 0.6 is 0 Å². The summed E-state index contributed by atoms with van der Waals surface area (Å²) < 4.78 is 5.74. The monoisotopic (exact) mass is 262 g/mol. The van der Waals surface area contributed by atoms with Crippen molar-refractivity contribution in [3.63, 3.8) is 0 Å². The van der Waals surface area contributed by atoms with Gasteiger partial charge in [0.25, 0.3) is 0 Å².